The van der Waals surface area contributed by atoms with Gasteiger partial charge in [0.25, 0.3) is 0 Å². The van der Waals surface area contributed by atoms with E-state index in [1.54, 1.807) is 25.1 Å². The molecule has 2 N–H and O–H groups in total. The molecule has 0 saturated carbocycles. The maximum Gasteiger partial charge on any atom is 0.184 e. The van der Waals surface area contributed by atoms with Gasteiger partial charge in [0, 0.05) is 5.56 Å². The summed E-state index contributed by atoms with van der Waals surface area (Å²) >= 11 is 0. The molecule has 0 bridgehead atoms. The molecule has 18 heavy (non-hydrogen) atoms. The van der Waals surface area contributed by atoms with Crippen molar-refractivity contribution in [3.63, 3.8) is 0 Å². The SMILES string of the molecule is Cc1ccc(F)cc1C(=O)C(N)c1ccccc1. The van der Waals surface area contributed by atoms with E-state index in [-0.39, 0.29) is 5.78 Å². The molecule has 1 unspecified atom stereocenters. The summed E-state index contributed by atoms with van der Waals surface area (Å²) in [5.41, 5.74) is 7.71. The molecule has 92 valence electrons. The molecule has 2 nitrogen and oxygen atoms in total. The number of hydrogen-bond acceptors (Lipinski definition) is 2. The summed E-state index contributed by atoms with van der Waals surface area (Å²) in [5.74, 6) is -0.692. The molecular weight excluding hydrogens is 229 g/mol. The molecule has 0 amide bonds. The number of carbonyl (C=O) groups is 1. The minimum Gasteiger partial charge on any atom is -0.318 e. The lowest BCUT2D eigenvalue weighted by Gasteiger charge is -2.12. The molecule has 0 aliphatic heterocycles. The van der Waals surface area contributed by atoms with Crippen LogP contribution < -0.4 is 5.73 Å². The Morgan fingerprint density at radius 1 is 1.17 bits per heavy atom. The Bertz CT molecular complexity index is 566. The van der Waals surface area contributed by atoms with Crippen molar-refractivity contribution in [3.05, 3.63) is 71.0 Å². The lowest BCUT2D eigenvalue weighted by Crippen LogP contribution is -2.22. The smallest absolute Gasteiger partial charge is 0.184 e. The third-order valence-corrected chi connectivity index (χ3v) is 2.91. The van der Waals surface area contributed by atoms with Crippen LogP contribution in [0.3, 0.4) is 0 Å². The van der Waals surface area contributed by atoms with Gasteiger partial charge in [0.15, 0.2) is 5.78 Å². The van der Waals surface area contributed by atoms with E-state index in [4.69, 9.17) is 5.73 Å². The zero-order chi connectivity index (χ0) is 13.1. The number of carbonyl (C=O) groups excluding carboxylic acids is 1. The van der Waals surface area contributed by atoms with Gasteiger partial charge in [-0.05, 0) is 30.2 Å². The molecule has 0 aromatic heterocycles. The van der Waals surface area contributed by atoms with Crippen LogP contribution in [0.15, 0.2) is 48.5 Å². The maximum absolute atomic E-state index is 13.2. The summed E-state index contributed by atoms with van der Waals surface area (Å²) < 4.78 is 13.2. The minimum absolute atomic E-state index is 0.266. The molecule has 3 heteroatoms. The molecule has 0 aliphatic carbocycles. The quantitative estimate of drug-likeness (QED) is 0.842. The van der Waals surface area contributed by atoms with Crippen LogP contribution in [0.25, 0.3) is 0 Å². The largest absolute Gasteiger partial charge is 0.318 e. The fourth-order valence-electron chi connectivity index (χ4n) is 1.84. The molecule has 2 aromatic carbocycles. The number of Topliss-reactive ketones (excluding diaryl/α,β-unsaturated/α-hetero) is 1. The predicted molar refractivity (Wildman–Crippen MR) is 68.8 cm³/mol. The molecule has 1 atom stereocenters. The van der Waals surface area contributed by atoms with Gasteiger partial charge >= 0.3 is 0 Å². The number of halogens is 1. The first-order valence-electron chi connectivity index (χ1n) is 5.70. The molecule has 2 rings (SSSR count). The van der Waals surface area contributed by atoms with Crippen LogP contribution in [-0.4, -0.2) is 5.78 Å². The first-order chi connectivity index (χ1) is 8.59. The van der Waals surface area contributed by atoms with E-state index < -0.39 is 11.9 Å². The predicted octanol–water partition coefficient (Wildman–Crippen LogP) is 3.02. The van der Waals surface area contributed by atoms with Crippen molar-refractivity contribution in [2.75, 3.05) is 0 Å². The lowest BCUT2D eigenvalue weighted by molar-refractivity contribution is 0.0960. The van der Waals surface area contributed by atoms with Crippen LogP contribution in [0, 0.1) is 12.7 Å². The average Bonchev–Trinajstić information content (AvgIpc) is 2.41. The fraction of sp³-hybridized carbons (Fsp3) is 0.133. The number of nitrogens with two attached hydrogens (primary N) is 1. The van der Waals surface area contributed by atoms with Gasteiger partial charge in [-0.1, -0.05) is 36.4 Å². The first kappa shape index (κ1) is 12.5. The summed E-state index contributed by atoms with van der Waals surface area (Å²) in [4.78, 5) is 12.2. The van der Waals surface area contributed by atoms with E-state index in [9.17, 15) is 9.18 Å². The van der Waals surface area contributed by atoms with Crippen molar-refractivity contribution >= 4 is 5.78 Å². The monoisotopic (exact) mass is 243 g/mol. The van der Waals surface area contributed by atoms with Crippen molar-refractivity contribution in [3.8, 4) is 0 Å². The third kappa shape index (κ3) is 2.46. The highest BCUT2D eigenvalue weighted by Crippen LogP contribution is 2.19. The van der Waals surface area contributed by atoms with Crippen LogP contribution in [0.2, 0.25) is 0 Å². The second-order valence-electron chi connectivity index (χ2n) is 4.21. The Morgan fingerprint density at radius 2 is 1.83 bits per heavy atom. The van der Waals surface area contributed by atoms with E-state index in [2.05, 4.69) is 0 Å². The summed E-state index contributed by atoms with van der Waals surface area (Å²) in [6.07, 6.45) is 0. The summed E-state index contributed by atoms with van der Waals surface area (Å²) in [7, 11) is 0. The molecule has 0 fully saturated rings. The van der Waals surface area contributed by atoms with Crippen LogP contribution in [0.5, 0.6) is 0 Å². The molecule has 0 spiro atoms. The Labute approximate surface area is 105 Å². The summed E-state index contributed by atoms with van der Waals surface area (Å²) in [5, 5.41) is 0. The summed E-state index contributed by atoms with van der Waals surface area (Å²) in [6, 6.07) is 12.5. The van der Waals surface area contributed by atoms with Gasteiger partial charge in [-0.25, -0.2) is 4.39 Å². The second-order valence-corrected chi connectivity index (χ2v) is 4.21. The van der Waals surface area contributed by atoms with Gasteiger partial charge in [0.1, 0.15) is 5.82 Å². The minimum atomic E-state index is -0.758. The second kappa shape index (κ2) is 5.10. The van der Waals surface area contributed by atoms with Crippen molar-refractivity contribution in [1.29, 1.82) is 0 Å². The average molecular weight is 243 g/mol. The molecule has 2 aromatic rings. The van der Waals surface area contributed by atoms with Gasteiger partial charge in [0.05, 0.1) is 6.04 Å². The van der Waals surface area contributed by atoms with Crippen LogP contribution in [-0.2, 0) is 0 Å². The number of rotatable bonds is 3. The highest BCUT2D eigenvalue weighted by Gasteiger charge is 2.19. The molecule has 0 aliphatic rings. The Balaban J connectivity index is 2.34. The molecule has 0 saturated heterocycles. The zero-order valence-corrected chi connectivity index (χ0v) is 10.1. The summed E-state index contributed by atoms with van der Waals surface area (Å²) in [6.45, 7) is 1.77. The topological polar surface area (TPSA) is 43.1 Å². The normalized spacial score (nSPS) is 12.2. The number of hydrogen-bond donors (Lipinski definition) is 1. The molecule has 0 radical (unpaired) electrons. The van der Waals surface area contributed by atoms with Gasteiger partial charge in [-0.15, -0.1) is 0 Å². The van der Waals surface area contributed by atoms with Gasteiger partial charge in [0.2, 0.25) is 0 Å². The van der Waals surface area contributed by atoms with E-state index in [1.807, 2.05) is 18.2 Å². The number of aryl methyl sites for hydroxylation is 1. The van der Waals surface area contributed by atoms with Gasteiger partial charge in [-0.3, -0.25) is 4.79 Å². The number of benzene rings is 2. The Kier molecular flexibility index (Phi) is 3.53. The molecular formula is C15H14FNO. The molecule has 0 heterocycles. The first-order valence-corrected chi connectivity index (χ1v) is 5.70. The fourth-order valence-corrected chi connectivity index (χ4v) is 1.84. The van der Waals surface area contributed by atoms with Gasteiger partial charge < -0.3 is 5.73 Å². The number of ketones is 1. The van der Waals surface area contributed by atoms with Crippen LogP contribution >= 0.6 is 0 Å². The highest BCUT2D eigenvalue weighted by atomic mass is 19.1. The zero-order valence-electron chi connectivity index (χ0n) is 10.1. The third-order valence-electron chi connectivity index (χ3n) is 2.91. The lowest BCUT2D eigenvalue weighted by atomic mass is 9.95. The Morgan fingerprint density at radius 3 is 2.50 bits per heavy atom. The van der Waals surface area contributed by atoms with Gasteiger partial charge in [-0.2, -0.15) is 0 Å². The standard InChI is InChI=1S/C15H14FNO/c1-10-7-8-12(16)9-13(10)15(18)14(17)11-5-3-2-4-6-11/h2-9,14H,17H2,1H3. The van der Waals surface area contributed by atoms with E-state index in [0.717, 1.165) is 11.1 Å². The highest BCUT2D eigenvalue weighted by molar-refractivity contribution is 6.01. The van der Waals surface area contributed by atoms with Crippen molar-refractivity contribution in [2.45, 2.75) is 13.0 Å². The van der Waals surface area contributed by atoms with Crippen molar-refractivity contribution in [2.24, 2.45) is 5.73 Å². The Hall–Kier alpha value is -2.00. The van der Waals surface area contributed by atoms with Crippen LogP contribution in [0.1, 0.15) is 27.5 Å². The van der Waals surface area contributed by atoms with E-state index >= 15 is 0 Å². The maximum atomic E-state index is 13.2. The van der Waals surface area contributed by atoms with Crippen molar-refractivity contribution < 1.29 is 9.18 Å². The van der Waals surface area contributed by atoms with E-state index in [1.165, 1.54) is 12.1 Å². The van der Waals surface area contributed by atoms with E-state index in [0.29, 0.717) is 5.56 Å². The van der Waals surface area contributed by atoms with Crippen molar-refractivity contribution in [1.82, 2.24) is 0 Å². The van der Waals surface area contributed by atoms with Crippen LogP contribution in [0.4, 0.5) is 4.39 Å².